The van der Waals surface area contributed by atoms with Gasteiger partial charge in [-0.05, 0) is 11.6 Å². The molecule has 80 valence electrons. The first-order valence-corrected chi connectivity index (χ1v) is 5.05. The summed E-state index contributed by atoms with van der Waals surface area (Å²) in [6, 6.07) is 9.44. The number of hydrogen-bond acceptors (Lipinski definition) is 3. The molecule has 0 saturated carbocycles. The molecule has 4 nitrogen and oxygen atoms in total. The second-order valence-corrected chi connectivity index (χ2v) is 3.71. The summed E-state index contributed by atoms with van der Waals surface area (Å²) < 4.78 is 1.56. The van der Waals surface area contributed by atoms with E-state index in [1.807, 2.05) is 30.3 Å². The lowest BCUT2D eigenvalue weighted by Crippen LogP contribution is -2.06. The van der Waals surface area contributed by atoms with Crippen LogP contribution in [0.2, 0.25) is 5.02 Å². The molecule has 1 aromatic heterocycles. The maximum atomic E-state index is 8.74. The Kier molecular flexibility index (Phi) is 2.80. The molecular formula is C11H9ClN4. The minimum atomic E-state index is 0.363. The number of rotatable bonds is 2. The lowest BCUT2D eigenvalue weighted by Gasteiger charge is -2.05. The van der Waals surface area contributed by atoms with Crippen LogP contribution in [-0.2, 0) is 6.54 Å². The van der Waals surface area contributed by atoms with Crippen molar-refractivity contribution in [1.82, 2.24) is 9.78 Å². The average Bonchev–Trinajstić information content (AvgIpc) is 2.63. The van der Waals surface area contributed by atoms with Crippen molar-refractivity contribution >= 4 is 17.4 Å². The Morgan fingerprint density at radius 1 is 1.44 bits per heavy atom. The van der Waals surface area contributed by atoms with Gasteiger partial charge in [0.25, 0.3) is 0 Å². The summed E-state index contributed by atoms with van der Waals surface area (Å²) in [5.41, 5.74) is 7.05. The minimum Gasteiger partial charge on any atom is -0.383 e. The SMILES string of the molecule is N#Cc1cnn(Cc2ccccc2Cl)c1N. The summed E-state index contributed by atoms with van der Waals surface area (Å²) in [5, 5.41) is 13.4. The van der Waals surface area contributed by atoms with Crippen LogP contribution in [0.4, 0.5) is 5.82 Å². The standard InChI is InChI=1S/C11H9ClN4/c12-10-4-2-1-3-8(10)7-16-11(14)9(5-13)6-15-16/h1-4,6H,7,14H2. The third-order valence-electron chi connectivity index (χ3n) is 2.28. The molecule has 0 bridgehead atoms. The predicted molar refractivity (Wildman–Crippen MR) is 61.9 cm³/mol. The van der Waals surface area contributed by atoms with Crippen LogP contribution < -0.4 is 5.73 Å². The highest BCUT2D eigenvalue weighted by atomic mass is 35.5. The van der Waals surface area contributed by atoms with E-state index in [0.717, 1.165) is 5.56 Å². The van der Waals surface area contributed by atoms with Gasteiger partial charge < -0.3 is 5.73 Å². The molecule has 0 unspecified atom stereocenters. The molecule has 2 rings (SSSR count). The Bertz CT molecular complexity index is 553. The summed E-state index contributed by atoms with van der Waals surface area (Å²) >= 11 is 6.02. The normalized spacial score (nSPS) is 10.0. The molecule has 0 atom stereocenters. The van der Waals surface area contributed by atoms with Gasteiger partial charge in [-0.1, -0.05) is 29.8 Å². The van der Waals surface area contributed by atoms with Gasteiger partial charge in [-0.3, -0.25) is 0 Å². The van der Waals surface area contributed by atoms with E-state index in [1.165, 1.54) is 6.20 Å². The van der Waals surface area contributed by atoms with Crippen LogP contribution >= 0.6 is 11.6 Å². The molecule has 0 radical (unpaired) electrons. The van der Waals surface area contributed by atoms with Gasteiger partial charge in [0.15, 0.2) is 0 Å². The Hall–Kier alpha value is -1.99. The molecule has 0 spiro atoms. The van der Waals surface area contributed by atoms with Gasteiger partial charge in [0, 0.05) is 5.02 Å². The van der Waals surface area contributed by atoms with E-state index >= 15 is 0 Å². The predicted octanol–water partition coefficient (Wildman–Crippen LogP) is 2.04. The molecule has 5 heteroatoms. The highest BCUT2D eigenvalue weighted by molar-refractivity contribution is 6.31. The lowest BCUT2D eigenvalue weighted by molar-refractivity contribution is 0.697. The molecule has 1 heterocycles. The highest BCUT2D eigenvalue weighted by Gasteiger charge is 2.08. The molecule has 0 amide bonds. The minimum absolute atomic E-state index is 0.363. The van der Waals surface area contributed by atoms with Crippen molar-refractivity contribution in [3.05, 3.63) is 46.6 Å². The number of nitrogen functional groups attached to an aromatic ring is 1. The Labute approximate surface area is 97.9 Å². The molecule has 2 N–H and O–H groups in total. The highest BCUT2D eigenvalue weighted by Crippen LogP contribution is 2.18. The Morgan fingerprint density at radius 2 is 2.19 bits per heavy atom. The van der Waals surface area contributed by atoms with E-state index in [4.69, 9.17) is 22.6 Å². The first kappa shape index (κ1) is 10.5. The summed E-state index contributed by atoms with van der Waals surface area (Å²) in [7, 11) is 0. The number of halogens is 1. The summed E-state index contributed by atoms with van der Waals surface area (Å²) in [6.07, 6.45) is 1.45. The zero-order valence-corrected chi connectivity index (χ0v) is 9.15. The number of nitrogens with zero attached hydrogens (tertiary/aromatic N) is 3. The van der Waals surface area contributed by atoms with Gasteiger partial charge in [-0.15, -0.1) is 0 Å². The largest absolute Gasteiger partial charge is 0.383 e. The van der Waals surface area contributed by atoms with Crippen molar-refractivity contribution < 1.29 is 0 Å². The van der Waals surface area contributed by atoms with E-state index < -0.39 is 0 Å². The van der Waals surface area contributed by atoms with Gasteiger partial charge in [0.2, 0.25) is 0 Å². The van der Waals surface area contributed by atoms with Crippen LogP contribution in [0.1, 0.15) is 11.1 Å². The number of hydrogen-bond donors (Lipinski definition) is 1. The monoisotopic (exact) mass is 232 g/mol. The van der Waals surface area contributed by atoms with Crippen molar-refractivity contribution in [2.75, 3.05) is 5.73 Å². The van der Waals surface area contributed by atoms with Gasteiger partial charge in [0.1, 0.15) is 17.5 Å². The smallest absolute Gasteiger partial charge is 0.140 e. The summed E-state index contributed by atoms with van der Waals surface area (Å²) in [4.78, 5) is 0. The van der Waals surface area contributed by atoms with Gasteiger partial charge in [-0.2, -0.15) is 10.4 Å². The molecule has 16 heavy (non-hydrogen) atoms. The van der Waals surface area contributed by atoms with Gasteiger partial charge in [0.05, 0.1) is 12.7 Å². The third kappa shape index (κ3) is 1.86. The molecule has 0 saturated heterocycles. The third-order valence-corrected chi connectivity index (χ3v) is 2.65. The molecule has 1 aromatic carbocycles. The number of anilines is 1. The zero-order valence-electron chi connectivity index (χ0n) is 8.39. The Balaban J connectivity index is 2.32. The van der Waals surface area contributed by atoms with Crippen LogP contribution in [0.5, 0.6) is 0 Å². The molecule has 2 aromatic rings. The van der Waals surface area contributed by atoms with E-state index in [2.05, 4.69) is 5.10 Å². The van der Waals surface area contributed by atoms with E-state index in [0.29, 0.717) is 22.9 Å². The quantitative estimate of drug-likeness (QED) is 0.862. The fourth-order valence-corrected chi connectivity index (χ4v) is 1.59. The van der Waals surface area contributed by atoms with Crippen LogP contribution in [0.25, 0.3) is 0 Å². The first-order chi connectivity index (χ1) is 7.72. The molecular weight excluding hydrogens is 224 g/mol. The van der Waals surface area contributed by atoms with Crippen molar-refractivity contribution in [1.29, 1.82) is 5.26 Å². The molecule has 0 aliphatic heterocycles. The van der Waals surface area contributed by atoms with Crippen molar-refractivity contribution in [2.24, 2.45) is 0 Å². The summed E-state index contributed by atoms with van der Waals surface area (Å²) in [5.74, 6) is 0.363. The van der Waals surface area contributed by atoms with Crippen LogP contribution in [0.15, 0.2) is 30.5 Å². The number of benzene rings is 1. The first-order valence-electron chi connectivity index (χ1n) is 4.67. The van der Waals surface area contributed by atoms with Crippen LogP contribution in [0.3, 0.4) is 0 Å². The van der Waals surface area contributed by atoms with E-state index in [-0.39, 0.29) is 0 Å². The Morgan fingerprint density at radius 3 is 2.81 bits per heavy atom. The van der Waals surface area contributed by atoms with Gasteiger partial charge >= 0.3 is 0 Å². The maximum absolute atomic E-state index is 8.74. The fraction of sp³-hybridized carbons (Fsp3) is 0.0909. The van der Waals surface area contributed by atoms with E-state index in [9.17, 15) is 0 Å². The number of nitriles is 1. The van der Waals surface area contributed by atoms with Gasteiger partial charge in [-0.25, -0.2) is 4.68 Å². The van der Waals surface area contributed by atoms with E-state index in [1.54, 1.807) is 4.68 Å². The van der Waals surface area contributed by atoms with Crippen LogP contribution in [0, 0.1) is 11.3 Å². The summed E-state index contributed by atoms with van der Waals surface area (Å²) in [6.45, 7) is 0.465. The van der Waals surface area contributed by atoms with Crippen molar-refractivity contribution in [3.8, 4) is 6.07 Å². The molecule has 0 aliphatic carbocycles. The van der Waals surface area contributed by atoms with Crippen LogP contribution in [-0.4, -0.2) is 9.78 Å². The maximum Gasteiger partial charge on any atom is 0.140 e. The zero-order chi connectivity index (χ0) is 11.5. The molecule has 0 fully saturated rings. The second kappa shape index (κ2) is 4.25. The fourth-order valence-electron chi connectivity index (χ4n) is 1.39. The number of aromatic nitrogens is 2. The van der Waals surface area contributed by atoms with Crippen molar-refractivity contribution in [3.63, 3.8) is 0 Å². The molecule has 0 aliphatic rings. The average molecular weight is 233 g/mol. The lowest BCUT2D eigenvalue weighted by atomic mass is 10.2. The number of nitrogens with two attached hydrogens (primary N) is 1. The topological polar surface area (TPSA) is 67.6 Å². The van der Waals surface area contributed by atoms with Crippen molar-refractivity contribution in [2.45, 2.75) is 6.54 Å². The second-order valence-electron chi connectivity index (χ2n) is 3.30.